The number of sulfone groups is 1. The van der Waals surface area contributed by atoms with E-state index in [2.05, 4.69) is 0 Å². The van der Waals surface area contributed by atoms with E-state index in [1.165, 1.54) is 0 Å². The van der Waals surface area contributed by atoms with Crippen LogP contribution in [0.25, 0.3) is 0 Å². The first kappa shape index (κ1) is 10.2. The van der Waals surface area contributed by atoms with E-state index < -0.39 is 9.84 Å². The maximum Gasteiger partial charge on any atom is 0.150 e. The molecule has 0 amide bonds. The number of halogens is 1. The lowest BCUT2D eigenvalue weighted by Crippen LogP contribution is -2.37. The Morgan fingerprint density at radius 3 is 2.20 bits per heavy atom. The standard InChI is InChI=1S/C5H11NO2S.ClH/c6-2-1-5-3-9(7,8)4-5;/h5H,1-4,6H2;1H. The van der Waals surface area contributed by atoms with Gasteiger partial charge in [-0.25, -0.2) is 8.42 Å². The lowest BCUT2D eigenvalue weighted by Gasteiger charge is -2.24. The van der Waals surface area contributed by atoms with Gasteiger partial charge in [-0.15, -0.1) is 12.4 Å². The molecule has 1 rings (SSSR count). The van der Waals surface area contributed by atoms with Gasteiger partial charge in [-0.1, -0.05) is 0 Å². The Hall–Kier alpha value is 0.200. The van der Waals surface area contributed by atoms with Gasteiger partial charge in [-0.2, -0.15) is 0 Å². The molecule has 1 fully saturated rings. The fraction of sp³-hybridized carbons (Fsp3) is 1.00. The van der Waals surface area contributed by atoms with Gasteiger partial charge in [0.1, 0.15) is 0 Å². The number of rotatable bonds is 2. The van der Waals surface area contributed by atoms with Crippen LogP contribution in [0.4, 0.5) is 0 Å². The van der Waals surface area contributed by atoms with Crippen LogP contribution >= 0.6 is 12.4 Å². The first-order valence-electron chi connectivity index (χ1n) is 3.04. The third kappa shape index (κ3) is 2.44. The van der Waals surface area contributed by atoms with Crippen LogP contribution in [0.5, 0.6) is 0 Å². The zero-order valence-electron chi connectivity index (χ0n) is 5.62. The summed E-state index contributed by atoms with van der Waals surface area (Å²) in [6, 6.07) is 0. The molecule has 10 heavy (non-hydrogen) atoms. The molecule has 0 aromatic carbocycles. The van der Waals surface area contributed by atoms with Gasteiger partial charge in [0.2, 0.25) is 0 Å². The summed E-state index contributed by atoms with van der Waals surface area (Å²) in [4.78, 5) is 0. The molecule has 5 heteroatoms. The van der Waals surface area contributed by atoms with Gasteiger partial charge in [0, 0.05) is 0 Å². The Bertz CT molecular complexity index is 178. The van der Waals surface area contributed by atoms with Crippen LogP contribution in [-0.4, -0.2) is 26.5 Å². The van der Waals surface area contributed by atoms with Gasteiger partial charge in [0.15, 0.2) is 9.84 Å². The van der Waals surface area contributed by atoms with Crippen molar-refractivity contribution < 1.29 is 8.42 Å². The topological polar surface area (TPSA) is 60.2 Å². The minimum atomic E-state index is -2.61. The van der Waals surface area contributed by atoms with E-state index >= 15 is 0 Å². The Kier molecular flexibility index (Phi) is 3.62. The van der Waals surface area contributed by atoms with Crippen molar-refractivity contribution in [2.45, 2.75) is 6.42 Å². The maximum atomic E-state index is 10.5. The van der Waals surface area contributed by atoms with Crippen molar-refractivity contribution in [3.63, 3.8) is 0 Å². The molecule has 1 heterocycles. The molecule has 0 aromatic rings. The first-order valence-corrected chi connectivity index (χ1v) is 4.87. The van der Waals surface area contributed by atoms with Gasteiger partial charge in [0.25, 0.3) is 0 Å². The number of hydrogen-bond acceptors (Lipinski definition) is 3. The predicted octanol–water partition coefficient (Wildman–Crippen LogP) is -0.198. The van der Waals surface area contributed by atoms with E-state index in [9.17, 15) is 8.42 Å². The lowest BCUT2D eigenvalue weighted by atomic mass is 10.1. The molecule has 1 aliphatic heterocycles. The highest BCUT2D eigenvalue weighted by atomic mass is 35.5. The van der Waals surface area contributed by atoms with Crippen LogP contribution in [0.15, 0.2) is 0 Å². The molecule has 1 aliphatic rings. The molecule has 0 atom stereocenters. The van der Waals surface area contributed by atoms with Gasteiger partial charge in [-0.05, 0) is 18.9 Å². The quantitative estimate of drug-likeness (QED) is 0.649. The van der Waals surface area contributed by atoms with Crippen LogP contribution < -0.4 is 5.73 Å². The van der Waals surface area contributed by atoms with E-state index in [0.717, 1.165) is 6.42 Å². The Balaban J connectivity index is 0.000000810. The lowest BCUT2D eigenvalue weighted by molar-refractivity contribution is 0.503. The molecule has 0 aliphatic carbocycles. The summed E-state index contributed by atoms with van der Waals surface area (Å²) in [7, 11) is -2.61. The monoisotopic (exact) mass is 185 g/mol. The second-order valence-electron chi connectivity index (χ2n) is 2.52. The fourth-order valence-corrected chi connectivity index (χ4v) is 2.74. The van der Waals surface area contributed by atoms with E-state index in [1.54, 1.807) is 0 Å². The van der Waals surface area contributed by atoms with Gasteiger partial charge < -0.3 is 5.73 Å². The minimum absolute atomic E-state index is 0. The van der Waals surface area contributed by atoms with Crippen molar-refractivity contribution >= 4 is 22.2 Å². The van der Waals surface area contributed by atoms with E-state index in [0.29, 0.717) is 24.0 Å². The molecule has 0 radical (unpaired) electrons. The van der Waals surface area contributed by atoms with Crippen molar-refractivity contribution in [1.82, 2.24) is 0 Å². The molecule has 0 aromatic heterocycles. The number of hydrogen-bond donors (Lipinski definition) is 1. The van der Waals surface area contributed by atoms with Crippen molar-refractivity contribution in [2.75, 3.05) is 18.1 Å². The SMILES string of the molecule is Cl.NCCC1CS(=O)(=O)C1. The molecule has 0 bridgehead atoms. The molecule has 0 spiro atoms. The summed E-state index contributed by atoms with van der Waals surface area (Å²) < 4.78 is 21.1. The average molecular weight is 186 g/mol. The highest BCUT2D eigenvalue weighted by molar-refractivity contribution is 7.92. The van der Waals surface area contributed by atoms with Crippen LogP contribution in [0.3, 0.4) is 0 Å². The highest BCUT2D eigenvalue weighted by Gasteiger charge is 2.31. The van der Waals surface area contributed by atoms with Crippen molar-refractivity contribution in [3.8, 4) is 0 Å². The number of nitrogens with two attached hydrogens (primary N) is 1. The van der Waals surface area contributed by atoms with E-state index in [4.69, 9.17) is 5.73 Å². The molecule has 62 valence electrons. The van der Waals surface area contributed by atoms with E-state index in [1.807, 2.05) is 0 Å². The second-order valence-corrected chi connectivity index (χ2v) is 4.67. The van der Waals surface area contributed by atoms with Crippen LogP contribution in [-0.2, 0) is 9.84 Å². The Morgan fingerprint density at radius 2 is 1.90 bits per heavy atom. The van der Waals surface area contributed by atoms with Crippen molar-refractivity contribution in [2.24, 2.45) is 11.7 Å². The molecule has 3 nitrogen and oxygen atoms in total. The van der Waals surface area contributed by atoms with Crippen LogP contribution in [0, 0.1) is 5.92 Å². The normalized spacial score (nSPS) is 22.9. The molecule has 2 N–H and O–H groups in total. The smallest absolute Gasteiger partial charge is 0.150 e. The summed E-state index contributed by atoms with van der Waals surface area (Å²) in [5, 5.41) is 0. The molecule has 0 saturated carbocycles. The highest BCUT2D eigenvalue weighted by Crippen LogP contribution is 2.20. The van der Waals surface area contributed by atoms with Gasteiger partial charge in [-0.3, -0.25) is 0 Å². The molecule has 1 saturated heterocycles. The zero-order chi connectivity index (χ0) is 6.91. The Morgan fingerprint density at radius 1 is 1.40 bits per heavy atom. The minimum Gasteiger partial charge on any atom is -0.330 e. The maximum absolute atomic E-state index is 10.5. The van der Waals surface area contributed by atoms with Gasteiger partial charge in [0.05, 0.1) is 11.5 Å². The first-order chi connectivity index (χ1) is 4.14. The third-order valence-corrected chi connectivity index (χ3v) is 3.51. The average Bonchev–Trinajstić information content (AvgIpc) is 1.62. The van der Waals surface area contributed by atoms with E-state index in [-0.39, 0.29) is 12.4 Å². The summed E-state index contributed by atoms with van der Waals surface area (Å²) in [6.45, 7) is 0.611. The molecule has 0 unspecified atom stereocenters. The van der Waals surface area contributed by atoms with Crippen LogP contribution in [0.2, 0.25) is 0 Å². The zero-order valence-corrected chi connectivity index (χ0v) is 7.25. The summed E-state index contributed by atoms with van der Waals surface area (Å²) in [5.74, 6) is 1.09. The fourth-order valence-electron chi connectivity index (χ4n) is 1.07. The summed E-state index contributed by atoms with van der Waals surface area (Å²) >= 11 is 0. The van der Waals surface area contributed by atoms with Crippen molar-refractivity contribution in [3.05, 3.63) is 0 Å². The predicted molar refractivity (Wildman–Crippen MR) is 43.1 cm³/mol. The largest absolute Gasteiger partial charge is 0.330 e. The molecular weight excluding hydrogens is 174 g/mol. The molecular formula is C5H12ClNO2S. The summed E-state index contributed by atoms with van der Waals surface area (Å²) in [6.07, 6.45) is 0.860. The van der Waals surface area contributed by atoms with Crippen molar-refractivity contribution in [1.29, 1.82) is 0 Å². The Labute approximate surface area is 67.3 Å². The van der Waals surface area contributed by atoms with Gasteiger partial charge >= 0.3 is 0 Å². The summed E-state index contributed by atoms with van der Waals surface area (Å²) in [5.41, 5.74) is 5.23. The third-order valence-electron chi connectivity index (χ3n) is 1.55. The van der Waals surface area contributed by atoms with Crippen LogP contribution in [0.1, 0.15) is 6.42 Å². The second kappa shape index (κ2) is 3.55.